The van der Waals surface area contributed by atoms with Gasteiger partial charge in [0.25, 0.3) is 0 Å². The Bertz CT molecular complexity index is 1610. The highest BCUT2D eigenvalue weighted by molar-refractivity contribution is 5.90. The van der Waals surface area contributed by atoms with E-state index in [4.69, 9.17) is 18.9 Å². The Hall–Kier alpha value is -4.59. The van der Waals surface area contributed by atoms with Crippen molar-refractivity contribution in [3.05, 3.63) is 99.7 Å². The number of fused-ring (bicyclic) bond motifs is 2. The molecule has 2 heterocycles. The van der Waals surface area contributed by atoms with E-state index in [1.165, 1.54) is 14.2 Å². The van der Waals surface area contributed by atoms with E-state index in [0.29, 0.717) is 40.3 Å². The van der Waals surface area contributed by atoms with Crippen molar-refractivity contribution >= 4 is 27.9 Å². The topological polar surface area (TPSA) is 106 Å². The Morgan fingerprint density at radius 2 is 1.78 bits per heavy atom. The molecule has 1 atom stereocenters. The maximum Gasteiger partial charge on any atom is 0.340 e. The van der Waals surface area contributed by atoms with Crippen molar-refractivity contribution in [1.29, 1.82) is 0 Å². The second-order valence-corrected chi connectivity index (χ2v) is 8.80. The van der Waals surface area contributed by atoms with Crippen LogP contribution < -0.4 is 20.4 Å². The molecule has 8 heteroatoms. The van der Waals surface area contributed by atoms with Crippen LogP contribution in [0.1, 0.15) is 28.6 Å². The number of methoxy groups -OCH3 is 2. The molecule has 0 aliphatic carbocycles. The summed E-state index contributed by atoms with van der Waals surface area (Å²) in [5, 5.41) is 3.76. The Labute approximate surface area is 213 Å². The van der Waals surface area contributed by atoms with Gasteiger partial charge in [-0.15, -0.1) is 0 Å². The third kappa shape index (κ3) is 4.78. The zero-order chi connectivity index (χ0) is 25.9. The van der Waals surface area contributed by atoms with Crippen LogP contribution in [0.4, 0.5) is 0 Å². The van der Waals surface area contributed by atoms with Crippen molar-refractivity contribution in [3.63, 3.8) is 0 Å². The minimum atomic E-state index is -0.588. The molecule has 5 rings (SSSR count). The maximum absolute atomic E-state index is 13.3. The van der Waals surface area contributed by atoms with Gasteiger partial charge in [-0.05, 0) is 48.7 Å². The lowest BCUT2D eigenvalue weighted by molar-refractivity contribution is -0.121. The van der Waals surface area contributed by atoms with Crippen molar-refractivity contribution in [1.82, 2.24) is 15.3 Å². The zero-order valence-electron chi connectivity index (χ0n) is 20.8. The molecule has 5 aromatic rings. The molecule has 0 radical (unpaired) electrons. The Kier molecular flexibility index (Phi) is 6.64. The number of rotatable bonds is 8. The molecule has 0 fully saturated rings. The lowest BCUT2D eigenvalue weighted by Crippen LogP contribution is -2.33. The maximum atomic E-state index is 13.3. The molecule has 0 saturated heterocycles. The van der Waals surface area contributed by atoms with Gasteiger partial charge in [0.05, 0.1) is 43.3 Å². The summed E-state index contributed by atoms with van der Waals surface area (Å²) < 4.78 is 16.3. The number of imidazole rings is 1. The first kappa shape index (κ1) is 24.1. The molecule has 1 unspecified atom stereocenters. The van der Waals surface area contributed by atoms with E-state index in [0.717, 1.165) is 16.6 Å². The molecule has 3 aromatic carbocycles. The summed E-state index contributed by atoms with van der Waals surface area (Å²) in [5.41, 5.74) is 3.41. The molecule has 188 valence electrons. The summed E-state index contributed by atoms with van der Waals surface area (Å²) in [7, 11) is 3.00. The molecule has 1 amide bonds. The summed E-state index contributed by atoms with van der Waals surface area (Å²) in [6.07, 6.45) is 0.401. The van der Waals surface area contributed by atoms with Crippen LogP contribution in [-0.2, 0) is 17.6 Å². The zero-order valence-corrected chi connectivity index (χ0v) is 20.8. The van der Waals surface area contributed by atoms with Gasteiger partial charge in [-0.25, -0.2) is 9.78 Å². The van der Waals surface area contributed by atoms with Crippen LogP contribution in [0.5, 0.6) is 11.5 Å². The molecule has 2 aromatic heterocycles. The number of H-pyrrole nitrogens is 1. The van der Waals surface area contributed by atoms with Crippen LogP contribution in [-0.4, -0.2) is 30.1 Å². The quantitative estimate of drug-likeness (QED) is 0.303. The SMILES string of the molecule is COc1ccc2c(C)c(CC(=O)NC(Cc3ccccc3)c3nc4ccccc4[nH]3)c(=O)oc2c1OC. The third-order valence-electron chi connectivity index (χ3n) is 6.49. The summed E-state index contributed by atoms with van der Waals surface area (Å²) in [5.74, 6) is 1.13. The van der Waals surface area contributed by atoms with Crippen LogP contribution in [0.15, 0.2) is 75.9 Å². The van der Waals surface area contributed by atoms with Gasteiger partial charge >= 0.3 is 5.63 Å². The van der Waals surface area contributed by atoms with Crippen molar-refractivity contribution < 1.29 is 18.7 Å². The van der Waals surface area contributed by atoms with Crippen LogP contribution >= 0.6 is 0 Å². The van der Waals surface area contributed by atoms with E-state index in [2.05, 4.69) is 10.3 Å². The fourth-order valence-electron chi connectivity index (χ4n) is 4.58. The molecule has 8 nitrogen and oxygen atoms in total. The van der Waals surface area contributed by atoms with E-state index in [1.807, 2.05) is 54.6 Å². The lowest BCUT2D eigenvalue weighted by Gasteiger charge is -2.18. The minimum absolute atomic E-state index is 0.135. The summed E-state index contributed by atoms with van der Waals surface area (Å²) >= 11 is 0. The fraction of sp³-hybridized carbons (Fsp3) is 0.207. The number of ether oxygens (including phenoxy) is 2. The van der Waals surface area contributed by atoms with Gasteiger partial charge in [-0.2, -0.15) is 0 Å². The smallest absolute Gasteiger partial charge is 0.340 e. The number of carbonyl (C=O) groups is 1. The number of para-hydroxylation sites is 2. The summed E-state index contributed by atoms with van der Waals surface area (Å²) in [6, 6.07) is 20.7. The predicted octanol–water partition coefficient (Wildman–Crippen LogP) is 4.64. The number of benzene rings is 3. The average molecular weight is 498 g/mol. The largest absolute Gasteiger partial charge is 0.493 e. The van der Waals surface area contributed by atoms with Crippen molar-refractivity contribution in [3.8, 4) is 11.5 Å². The molecule has 0 bridgehead atoms. The number of amides is 1. The number of nitrogens with zero attached hydrogens (tertiary/aromatic N) is 1. The number of hydrogen-bond acceptors (Lipinski definition) is 6. The molecule has 2 N–H and O–H groups in total. The Morgan fingerprint density at radius 3 is 2.51 bits per heavy atom. The lowest BCUT2D eigenvalue weighted by atomic mass is 10.0. The Morgan fingerprint density at radius 1 is 1.03 bits per heavy atom. The van der Waals surface area contributed by atoms with Gasteiger partial charge in [0.15, 0.2) is 11.3 Å². The summed E-state index contributed by atoms with van der Waals surface area (Å²) in [6.45, 7) is 1.80. The first-order chi connectivity index (χ1) is 18.0. The van der Waals surface area contributed by atoms with Gasteiger partial charge in [-0.1, -0.05) is 42.5 Å². The number of hydrogen-bond donors (Lipinski definition) is 2. The number of carbonyl (C=O) groups excluding carboxylic acids is 1. The average Bonchev–Trinajstić information content (AvgIpc) is 3.35. The number of nitrogens with one attached hydrogen (secondary N) is 2. The minimum Gasteiger partial charge on any atom is -0.493 e. The Balaban J connectivity index is 1.46. The van der Waals surface area contributed by atoms with Gasteiger partial charge in [0.1, 0.15) is 5.82 Å². The van der Waals surface area contributed by atoms with Gasteiger partial charge in [0.2, 0.25) is 11.7 Å². The fourth-order valence-corrected chi connectivity index (χ4v) is 4.58. The third-order valence-corrected chi connectivity index (χ3v) is 6.49. The van der Waals surface area contributed by atoms with Crippen LogP contribution in [0.2, 0.25) is 0 Å². The van der Waals surface area contributed by atoms with Gasteiger partial charge in [-0.3, -0.25) is 4.79 Å². The molecule has 0 spiro atoms. The molecule has 0 aliphatic heterocycles. The highest BCUT2D eigenvalue weighted by Gasteiger charge is 2.23. The summed E-state index contributed by atoms with van der Waals surface area (Å²) in [4.78, 5) is 34.3. The predicted molar refractivity (Wildman–Crippen MR) is 141 cm³/mol. The number of aromatic nitrogens is 2. The van der Waals surface area contributed by atoms with Crippen LogP contribution in [0, 0.1) is 6.92 Å². The van der Waals surface area contributed by atoms with E-state index in [1.54, 1.807) is 19.1 Å². The highest BCUT2D eigenvalue weighted by atomic mass is 16.5. The molecular formula is C29H27N3O5. The second-order valence-electron chi connectivity index (χ2n) is 8.80. The van der Waals surface area contributed by atoms with Crippen molar-refractivity contribution in [2.75, 3.05) is 14.2 Å². The first-order valence-corrected chi connectivity index (χ1v) is 11.9. The van der Waals surface area contributed by atoms with Crippen LogP contribution in [0.25, 0.3) is 22.0 Å². The normalized spacial score (nSPS) is 12.0. The van der Waals surface area contributed by atoms with Gasteiger partial charge < -0.3 is 24.2 Å². The van der Waals surface area contributed by atoms with Crippen molar-refractivity contribution in [2.45, 2.75) is 25.8 Å². The van der Waals surface area contributed by atoms with E-state index in [9.17, 15) is 9.59 Å². The van der Waals surface area contributed by atoms with E-state index >= 15 is 0 Å². The van der Waals surface area contributed by atoms with Crippen molar-refractivity contribution in [2.24, 2.45) is 0 Å². The second kappa shape index (κ2) is 10.2. The molecular weight excluding hydrogens is 470 g/mol. The van der Waals surface area contributed by atoms with E-state index < -0.39 is 11.7 Å². The number of aryl methyl sites for hydroxylation is 1. The number of aromatic amines is 1. The molecule has 37 heavy (non-hydrogen) atoms. The molecule has 0 aliphatic rings. The monoisotopic (exact) mass is 497 g/mol. The first-order valence-electron chi connectivity index (χ1n) is 11.9. The van der Waals surface area contributed by atoms with Crippen LogP contribution in [0.3, 0.4) is 0 Å². The molecule has 0 saturated carbocycles. The standard InChI is InChI=1S/C29H27N3O5/c1-17-19-13-14-24(35-2)27(36-3)26(19)37-29(34)20(17)16-25(33)30-23(15-18-9-5-4-6-10-18)28-31-21-11-7-8-12-22(21)32-28/h4-14,23H,15-16H2,1-3H3,(H,30,33)(H,31,32). The highest BCUT2D eigenvalue weighted by Crippen LogP contribution is 2.36. The van der Waals surface area contributed by atoms with Gasteiger partial charge in [0, 0.05) is 5.39 Å². The van der Waals surface area contributed by atoms with E-state index in [-0.39, 0.29) is 17.9 Å².